The molecule has 0 radical (unpaired) electrons. The SMILES string of the molecule is O=C(Nc1cc(-c2ccncc2)no1)[C@H](Cc1ccc(Cl)cc1)NCc1cscn1.O=C(O)C(F)(F)F. The summed E-state index contributed by atoms with van der Waals surface area (Å²) in [4.78, 5) is 30.1. The first-order valence-corrected chi connectivity index (χ1v) is 11.8. The molecule has 0 bridgehead atoms. The van der Waals surface area contributed by atoms with Gasteiger partial charge in [-0.3, -0.25) is 20.4 Å². The van der Waals surface area contributed by atoms with Gasteiger partial charge in [0.1, 0.15) is 5.69 Å². The molecule has 3 N–H and O–H groups in total. The molecule has 0 saturated carbocycles. The van der Waals surface area contributed by atoms with Gasteiger partial charge in [0.05, 0.1) is 17.2 Å². The fraction of sp³-hybridized carbons (Fsp3) is 0.174. The van der Waals surface area contributed by atoms with Gasteiger partial charge in [-0.2, -0.15) is 13.2 Å². The molecule has 0 aliphatic heterocycles. The molecule has 9 nitrogen and oxygen atoms in total. The van der Waals surface area contributed by atoms with E-state index in [0.29, 0.717) is 23.7 Å². The maximum absolute atomic E-state index is 13.0. The largest absolute Gasteiger partial charge is 0.490 e. The number of hydrogen-bond acceptors (Lipinski definition) is 8. The van der Waals surface area contributed by atoms with Gasteiger partial charge in [0.25, 0.3) is 0 Å². The molecule has 14 heteroatoms. The predicted molar refractivity (Wildman–Crippen MR) is 130 cm³/mol. The van der Waals surface area contributed by atoms with E-state index in [1.807, 2.05) is 41.8 Å². The highest BCUT2D eigenvalue weighted by atomic mass is 35.5. The zero-order valence-corrected chi connectivity index (χ0v) is 20.3. The van der Waals surface area contributed by atoms with Gasteiger partial charge < -0.3 is 9.63 Å². The fourth-order valence-corrected chi connectivity index (χ4v) is 3.55. The van der Waals surface area contributed by atoms with E-state index in [2.05, 4.69) is 25.8 Å². The molecule has 194 valence electrons. The molecule has 4 rings (SSSR count). The van der Waals surface area contributed by atoms with Crippen LogP contribution in [0.3, 0.4) is 0 Å². The van der Waals surface area contributed by atoms with Gasteiger partial charge in [-0.1, -0.05) is 28.9 Å². The number of alkyl halides is 3. The number of nitrogens with zero attached hydrogens (tertiary/aromatic N) is 3. The van der Waals surface area contributed by atoms with Gasteiger partial charge in [-0.15, -0.1) is 11.3 Å². The Hall–Kier alpha value is -3.81. The topological polar surface area (TPSA) is 130 Å². The highest BCUT2D eigenvalue weighted by Crippen LogP contribution is 2.21. The van der Waals surface area contributed by atoms with Gasteiger partial charge >= 0.3 is 12.1 Å². The van der Waals surface area contributed by atoms with Crippen molar-refractivity contribution in [2.24, 2.45) is 0 Å². The summed E-state index contributed by atoms with van der Waals surface area (Å²) in [5.74, 6) is -2.70. The summed E-state index contributed by atoms with van der Waals surface area (Å²) in [5.41, 5.74) is 5.11. The van der Waals surface area contributed by atoms with Crippen LogP contribution in [0.4, 0.5) is 19.1 Å². The second kappa shape index (κ2) is 12.9. The molecule has 1 atom stereocenters. The Balaban J connectivity index is 0.000000479. The van der Waals surface area contributed by atoms with Crippen LogP contribution >= 0.6 is 22.9 Å². The standard InChI is InChI=1S/C21H18ClN5O2S.C2HF3O2/c22-16-3-1-14(2-4-16)9-19(24-11-17-12-30-13-25-17)21(28)26-20-10-18(27-29-20)15-5-7-23-8-6-15;3-2(4,5)1(6)7/h1-8,10,12-13,19,24H,9,11H2,(H,26,28);(H,6,7)/t19-;/m0./s1. The van der Waals surface area contributed by atoms with Crippen molar-refractivity contribution in [3.05, 3.63) is 82.0 Å². The lowest BCUT2D eigenvalue weighted by Crippen LogP contribution is -2.41. The van der Waals surface area contributed by atoms with Gasteiger partial charge in [-0.05, 0) is 36.2 Å². The van der Waals surface area contributed by atoms with E-state index in [9.17, 15) is 18.0 Å². The third-order valence-electron chi connectivity index (χ3n) is 4.66. The first-order valence-electron chi connectivity index (χ1n) is 10.4. The lowest BCUT2D eigenvalue weighted by atomic mass is 10.1. The summed E-state index contributed by atoms with van der Waals surface area (Å²) in [5, 5.41) is 19.8. The Bertz CT molecular complexity index is 1290. The molecule has 3 heterocycles. The third kappa shape index (κ3) is 8.97. The Morgan fingerprint density at radius 2 is 1.81 bits per heavy atom. The lowest BCUT2D eigenvalue weighted by molar-refractivity contribution is -0.192. The number of aliphatic carboxylic acids is 1. The van der Waals surface area contributed by atoms with Crippen LogP contribution in [0.5, 0.6) is 0 Å². The number of nitrogens with one attached hydrogen (secondary N) is 2. The van der Waals surface area contributed by atoms with Crippen molar-refractivity contribution < 1.29 is 32.4 Å². The van der Waals surface area contributed by atoms with Gasteiger partial charge in [0.2, 0.25) is 11.8 Å². The van der Waals surface area contributed by atoms with Crippen molar-refractivity contribution in [3.63, 3.8) is 0 Å². The average molecular weight is 554 g/mol. The summed E-state index contributed by atoms with van der Waals surface area (Å²) in [6.07, 6.45) is -1.25. The first kappa shape index (κ1) is 27.8. The number of carbonyl (C=O) groups excluding carboxylic acids is 1. The minimum Gasteiger partial charge on any atom is -0.475 e. The van der Waals surface area contributed by atoms with Crippen LogP contribution in [-0.4, -0.2) is 44.3 Å². The zero-order chi connectivity index (χ0) is 26.8. The van der Waals surface area contributed by atoms with Crippen molar-refractivity contribution in [2.75, 3.05) is 5.32 Å². The van der Waals surface area contributed by atoms with Crippen LogP contribution in [0.2, 0.25) is 5.02 Å². The monoisotopic (exact) mass is 553 g/mol. The van der Waals surface area contributed by atoms with E-state index in [0.717, 1.165) is 16.8 Å². The number of carbonyl (C=O) groups is 2. The number of halogens is 4. The molecular formula is C23H19ClF3N5O4S. The molecule has 0 aliphatic carbocycles. The van der Waals surface area contributed by atoms with Crippen molar-refractivity contribution in [2.45, 2.75) is 25.2 Å². The van der Waals surface area contributed by atoms with Crippen LogP contribution in [-0.2, 0) is 22.6 Å². The Kier molecular flexibility index (Phi) is 9.71. The van der Waals surface area contributed by atoms with E-state index in [-0.39, 0.29) is 11.8 Å². The molecule has 0 saturated heterocycles. The Morgan fingerprint density at radius 3 is 2.41 bits per heavy atom. The molecule has 37 heavy (non-hydrogen) atoms. The first-order chi connectivity index (χ1) is 17.6. The number of aromatic nitrogens is 3. The molecule has 0 aliphatic rings. The van der Waals surface area contributed by atoms with Gasteiger partial charge in [0.15, 0.2) is 0 Å². The second-order valence-corrected chi connectivity index (χ2v) is 8.50. The molecule has 1 amide bonds. The molecule has 1 aromatic carbocycles. The number of rotatable bonds is 8. The second-order valence-electron chi connectivity index (χ2n) is 7.35. The van der Waals surface area contributed by atoms with E-state index < -0.39 is 18.2 Å². The number of amides is 1. The minimum absolute atomic E-state index is 0.224. The fourth-order valence-electron chi connectivity index (χ4n) is 2.87. The van der Waals surface area contributed by atoms with Crippen LogP contribution in [0.25, 0.3) is 11.3 Å². The molecule has 0 spiro atoms. The number of carboxylic acids is 1. The summed E-state index contributed by atoms with van der Waals surface area (Å²) in [6, 6.07) is 12.3. The normalized spacial score (nSPS) is 11.8. The summed E-state index contributed by atoms with van der Waals surface area (Å²) in [7, 11) is 0. The van der Waals surface area contributed by atoms with Gasteiger partial charge in [0, 0.05) is 41.0 Å². The average Bonchev–Trinajstić information content (AvgIpc) is 3.56. The zero-order valence-electron chi connectivity index (χ0n) is 18.8. The summed E-state index contributed by atoms with van der Waals surface area (Å²) >= 11 is 7.49. The predicted octanol–water partition coefficient (Wildman–Crippen LogP) is 4.82. The van der Waals surface area contributed by atoms with Crippen molar-refractivity contribution in [3.8, 4) is 11.3 Å². The molecule has 0 unspecified atom stereocenters. The van der Waals surface area contributed by atoms with Crippen LogP contribution in [0, 0.1) is 0 Å². The van der Waals surface area contributed by atoms with E-state index in [1.165, 1.54) is 11.3 Å². The molecule has 0 fully saturated rings. The number of anilines is 1. The number of pyridine rings is 1. The van der Waals surface area contributed by atoms with E-state index in [1.54, 1.807) is 24.0 Å². The van der Waals surface area contributed by atoms with Gasteiger partial charge in [-0.25, -0.2) is 9.78 Å². The lowest BCUT2D eigenvalue weighted by Gasteiger charge is -2.17. The number of hydrogen-bond donors (Lipinski definition) is 3. The Morgan fingerprint density at radius 1 is 1.14 bits per heavy atom. The summed E-state index contributed by atoms with van der Waals surface area (Å²) < 4.78 is 37.0. The quantitative estimate of drug-likeness (QED) is 0.283. The minimum atomic E-state index is -5.08. The molecule has 4 aromatic rings. The highest BCUT2D eigenvalue weighted by molar-refractivity contribution is 7.07. The highest BCUT2D eigenvalue weighted by Gasteiger charge is 2.38. The van der Waals surface area contributed by atoms with E-state index >= 15 is 0 Å². The smallest absolute Gasteiger partial charge is 0.475 e. The van der Waals surface area contributed by atoms with Crippen LogP contribution in [0.1, 0.15) is 11.3 Å². The number of benzene rings is 1. The van der Waals surface area contributed by atoms with Crippen LogP contribution in [0.15, 0.2) is 70.3 Å². The maximum Gasteiger partial charge on any atom is 0.490 e. The molecule has 3 aromatic heterocycles. The van der Waals surface area contributed by atoms with Crippen molar-refractivity contribution in [1.82, 2.24) is 20.4 Å². The third-order valence-corrected chi connectivity index (χ3v) is 5.55. The maximum atomic E-state index is 13.0. The number of carboxylic acid groups (broad SMARTS) is 1. The van der Waals surface area contributed by atoms with E-state index in [4.69, 9.17) is 26.0 Å². The number of thiazole rings is 1. The molecular weight excluding hydrogens is 535 g/mol. The van der Waals surface area contributed by atoms with Crippen LogP contribution < -0.4 is 10.6 Å². The van der Waals surface area contributed by atoms with Crippen molar-refractivity contribution in [1.29, 1.82) is 0 Å². The Labute approximate surface area is 217 Å². The summed E-state index contributed by atoms with van der Waals surface area (Å²) in [6.45, 7) is 0.480. The van der Waals surface area contributed by atoms with Crippen molar-refractivity contribution >= 4 is 40.7 Å².